The molecule has 2 aromatic rings. The van der Waals surface area contributed by atoms with Crippen LogP contribution in [0.25, 0.3) is 0 Å². The summed E-state index contributed by atoms with van der Waals surface area (Å²) in [6.45, 7) is 4.05. The van der Waals surface area contributed by atoms with E-state index < -0.39 is 10.1 Å². The molecule has 0 aliphatic rings. The zero-order valence-electron chi connectivity index (χ0n) is 12.1. The summed E-state index contributed by atoms with van der Waals surface area (Å²) in [5.41, 5.74) is 0.843. The molecule has 0 aliphatic heterocycles. The zero-order valence-corrected chi connectivity index (χ0v) is 13.6. The predicted octanol–water partition coefficient (Wildman–Crippen LogP) is 3.35. The summed E-state index contributed by atoms with van der Waals surface area (Å²) in [7, 11) is -2.44. The van der Waals surface area contributed by atoms with Crippen molar-refractivity contribution in [1.82, 2.24) is 9.55 Å². The highest BCUT2D eigenvalue weighted by molar-refractivity contribution is 7.87. The van der Waals surface area contributed by atoms with Gasteiger partial charge in [0.1, 0.15) is 5.75 Å². The van der Waals surface area contributed by atoms with E-state index in [9.17, 15) is 8.42 Å². The van der Waals surface area contributed by atoms with Crippen molar-refractivity contribution in [2.45, 2.75) is 31.2 Å². The fraction of sp³-hybridized carbons (Fsp3) is 0.357. The molecule has 0 bridgehead atoms. The van der Waals surface area contributed by atoms with Gasteiger partial charge >= 0.3 is 10.1 Å². The molecule has 7 heteroatoms. The second-order valence-electron chi connectivity index (χ2n) is 4.84. The Morgan fingerprint density at radius 2 is 2.05 bits per heavy atom. The number of rotatable bonds is 5. The lowest BCUT2D eigenvalue weighted by atomic mass is 9.98. The van der Waals surface area contributed by atoms with Gasteiger partial charge in [-0.15, -0.1) is 0 Å². The predicted molar refractivity (Wildman–Crippen MR) is 81.2 cm³/mol. The van der Waals surface area contributed by atoms with Gasteiger partial charge in [0, 0.05) is 7.05 Å². The van der Waals surface area contributed by atoms with Gasteiger partial charge in [-0.3, -0.25) is 0 Å². The topological polar surface area (TPSA) is 61.2 Å². The first-order chi connectivity index (χ1) is 9.86. The molecule has 0 aliphatic carbocycles. The monoisotopic (exact) mass is 328 g/mol. The van der Waals surface area contributed by atoms with E-state index in [-0.39, 0.29) is 16.1 Å². The minimum Gasteiger partial charge on any atom is -0.378 e. The van der Waals surface area contributed by atoms with Crippen molar-refractivity contribution in [3.05, 3.63) is 41.3 Å². The molecular formula is C14H17ClN2O3S. The third-order valence-electron chi connectivity index (χ3n) is 3.33. The van der Waals surface area contributed by atoms with Crippen LogP contribution in [0.5, 0.6) is 5.75 Å². The molecule has 1 atom stereocenters. The molecule has 0 saturated carbocycles. The summed E-state index contributed by atoms with van der Waals surface area (Å²) in [5, 5.41) is -0.248. The molecule has 1 heterocycles. The highest BCUT2D eigenvalue weighted by Gasteiger charge is 2.26. The summed E-state index contributed by atoms with van der Waals surface area (Å²) in [5.74, 6) is 0.504. The van der Waals surface area contributed by atoms with Crippen LogP contribution in [0, 0.1) is 0 Å². The average Bonchev–Trinajstić information content (AvgIpc) is 2.79. The highest BCUT2D eigenvalue weighted by atomic mass is 35.5. The molecule has 1 unspecified atom stereocenters. The Balaban J connectivity index is 2.40. The van der Waals surface area contributed by atoms with E-state index in [0.29, 0.717) is 5.75 Å². The fourth-order valence-corrected chi connectivity index (χ4v) is 3.27. The van der Waals surface area contributed by atoms with E-state index in [0.717, 1.165) is 12.0 Å². The molecule has 1 aromatic carbocycles. The van der Waals surface area contributed by atoms with Crippen LogP contribution >= 0.6 is 11.6 Å². The lowest BCUT2D eigenvalue weighted by Crippen LogP contribution is -2.12. The van der Waals surface area contributed by atoms with Crippen molar-refractivity contribution < 1.29 is 12.6 Å². The van der Waals surface area contributed by atoms with Crippen LogP contribution in [-0.4, -0.2) is 18.0 Å². The zero-order chi connectivity index (χ0) is 15.6. The summed E-state index contributed by atoms with van der Waals surface area (Å²) in [4.78, 5) is 3.80. The summed E-state index contributed by atoms with van der Waals surface area (Å²) >= 11 is 5.93. The number of halogens is 1. The van der Waals surface area contributed by atoms with Crippen LogP contribution in [0.3, 0.4) is 0 Å². The number of aryl methyl sites for hydroxylation is 1. The fourth-order valence-electron chi connectivity index (χ4n) is 1.90. The van der Waals surface area contributed by atoms with Crippen LogP contribution in [0.2, 0.25) is 5.15 Å². The maximum atomic E-state index is 12.3. The number of imidazole rings is 1. The number of nitrogens with zero attached hydrogens (tertiary/aromatic N) is 2. The minimum atomic E-state index is -4.05. The van der Waals surface area contributed by atoms with E-state index >= 15 is 0 Å². The Kier molecular flexibility index (Phi) is 4.58. The Hall–Kier alpha value is -1.53. The third kappa shape index (κ3) is 3.22. The summed E-state index contributed by atoms with van der Waals surface area (Å²) in [6.07, 6.45) is 2.21. The SMILES string of the molecule is CCC(C)c1ccccc1OS(=O)(=O)c1ncn(C)c1Cl. The molecule has 21 heavy (non-hydrogen) atoms. The van der Waals surface area contributed by atoms with Crippen molar-refractivity contribution in [1.29, 1.82) is 0 Å². The van der Waals surface area contributed by atoms with Crippen LogP contribution in [0.15, 0.2) is 35.6 Å². The molecule has 2 rings (SSSR count). The number of hydrogen-bond donors (Lipinski definition) is 0. The standard InChI is InChI=1S/C14H17ClN2O3S/c1-4-10(2)11-7-5-6-8-12(11)20-21(18,19)14-13(15)17(3)9-16-14/h5-10H,4H2,1-3H3. The smallest absolute Gasteiger partial charge is 0.360 e. The maximum absolute atomic E-state index is 12.3. The van der Waals surface area contributed by atoms with Crippen molar-refractivity contribution in [2.75, 3.05) is 0 Å². The van der Waals surface area contributed by atoms with Gasteiger partial charge in [0.25, 0.3) is 0 Å². The van der Waals surface area contributed by atoms with Crippen LogP contribution in [0.4, 0.5) is 0 Å². The van der Waals surface area contributed by atoms with E-state index in [4.69, 9.17) is 15.8 Å². The van der Waals surface area contributed by atoms with Crippen molar-refractivity contribution >= 4 is 21.7 Å². The molecule has 0 spiro atoms. The number of hydrogen-bond acceptors (Lipinski definition) is 4. The van der Waals surface area contributed by atoms with Crippen molar-refractivity contribution in [3.8, 4) is 5.75 Å². The highest BCUT2D eigenvalue weighted by Crippen LogP contribution is 2.31. The molecule has 0 fully saturated rings. The summed E-state index contributed by atoms with van der Waals surface area (Å²) in [6, 6.07) is 7.08. The quantitative estimate of drug-likeness (QED) is 0.790. The number of aromatic nitrogens is 2. The van der Waals surface area contributed by atoms with Gasteiger partial charge in [0.05, 0.1) is 6.33 Å². The van der Waals surface area contributed by atoms with Gasteiger partial charge in [0.15, 0.2) is 5.15 Å². The van der Waals surface area contributed by atoms with E-state index in [1.807, 2.05) is 26.0 Å². The van der Waals surface area contributed by atoms with Crippen LogP contribution in [0.1, 0.15) is 31.7 Å². The lowest BCUT2D eigenvalue weighted by Gasteiger charge is -2.14. The molecule has 0 radical (unpaired) electrons. The normalized spacial score (nSPS) is 13.1. The van der Waals surface area contributed by atoms with Gasteiger partial charge in [-0.2, -0.15) is 8.42 Å². The average molecular weight is 329 g/mol. The van der Waals surface area contributed by atoms with Crippen molar-refractivity contribution in [3.63, 3.8) is 0 Å². The second kappa shape index (κ2) is 6.07. The molecule has 1 aromatic heterocycles. The Morgan fingerprint density at radius 1 is 1.38 bits per heavy atom. The Labute approximate surface area is 129 Å². The van der Waals surface area contributed by atoms with Gasteiger partial charge in [-0.1, -0.05) is 43.6 Å². The molecule has 0 N–H and O–H groups in total. The van der Waals surface area contributed by atoms with Crippen LogP contribution < -0.4 is 4.18 Å². The first-order valence-corrected chi connectivity index (χ1v) is 8.35. The van der Waals surface area contributed by atoms with E-state index in [2.05, 4.69) is 4.98 Å². The lowest BCUT2D eigenvalue weighted by molar-refractivity contribution is 0.476. The number of benzene rings is 1. The van der Waals surface area contributed by atoms with Gasteiger partial charge in [-0.05, 0) is 24.0 Å². The molecule has 0 saturated heterocycles. The van der Waals surface area contributed by atoms with Gasteiger partial charge < -0.3 is 8.75 Å². The molecule has 114 valence electrons. The molecule has 5 nitrogen and oxygen atoms in total. The Bertz CT molecular complexity index is 740. The molecular weight excluding hydrogens is 312 g/mol. The van der Waals surface area contributed by atoms with Crippen LogP contribution in [-0.2, 0) is 17.2 Å². The maximum Gasteiger partial charge on any atom is 0.360 e. The Morgan fingerprint density at radius 3 is 2.62 bits per heavy atom. The van der Waals surface area contributed by atoms with Gasteiger partial charge in [-0.25, -0.2) is 4.98 Å². The first-order valence-electron chi connectivity index (χ1n) is 6.57. The first kappa shape index (κ1) is 15.9. The third-order valence-corrected chi connectivity index (χ3v) is 5.06. The summed E-state index contributed by atoms with van der Waals surface area (Å²) < 4.78 is 31.3. The largest absolute Gasteiger partial charge is 0.378 e. The minimum absolute atomic E-state index is 0.0241. The number of para-hydroxylation sites is 1. The van der Waals surface area contributed by atoms with Crippen molar-refractivity contribution in [2.24, 2.45) is 7.05 Å². The van der Waals surface area contributed by atoms with E-state index in [1.165, 1.54) is 10.9 Å². The second-order valence-corrected chi connectivity index (χ2v) is 6.66. The van der Waals surface area contributed by atoms with Gasteiger partial charge in [0.2, 0.25) is 5.03 Å². The van der Waals surface area contributed by atoms with E-state index in [1.54, 1.807) is 19.2 Å². The molecule has 0 amide bonds.